The van der Waals surface area contributed by atoms with Gasteiger partial charge in [0.25, 0.3) is 5.91 Å². The zero-order valence-corrected chi connectivity index (χ0v) is 22.7. The van der Waals surface area contributed by atoms with Crippen LogP contribution in [0.5, 0.6) is 11.6 Å². The topological polar surface area (TPSA) is 115 Å². The molecule has 2 aromatic carbocycles. The first-order valence-electron chi connectivity index (χ1n) is 12.0. The Labute approximate surface area is 230 Å². The van der Waals surface area contributed by atoms with E-state index in [0.717, 1.165) is 11.1 Å². The van der Waals surface area contributed by atoms with Gasteiger partial charge in [0, 0.05) is 28.1 Å². The van der Waals surface area contributed by atoms with Gasteiger partial charge in [-0.3, -0.25) is 4.79 Å². The van der Waals surface area contributed by atoms with Crippen LogP contribution >= 0.6 is 23.2 Å². The molecule has 4 rings (SSSR count). The van der Waals surface area contributed by atoms with Crippen molar-refractivity contribution in [3.63, 3.8) is 0 Å². The highest BCUT2D eigenvalue weighted by molar-refractivity contribution is 6.30. The molecule has 0 spiro atoms. The van der Waals surface area contributed by atoms with Gasteiger partial charge in [-0.05, 0) is 68.7 Å². The number of H-pyrrole nitrogens is 1. The van der Waals surface area contributed by atoms with Crippen LogP contribution in [0.4, 0.5) is 0 Å². The summed E-state index contributed by atoms with van der Waals surface area (Å²) in [6, 6.07) is 18.5. The second-order valence-electron chi connectivity index (χ2n) is 9.32. The monoisotopic (exact) mass is 554 g/mol. The fourth-order valence-electron chi connectivity index (χ4n) is 3.89. The minimum absolute atomic E-state index is 0.0385. The Hall–Kier alpha value is -3.69. The first-order chi connectivity index (χ1) is 18.2. The predicted molar refractivity (Wildman–Crippen MR) is 144 cm³/mol. The summed E-state index contributed by atoms with van der Waals surface area (Å²) in [4.78, 5) is 17.6. The number of benzene rings is 2. The predicted octanol–water partition coefficient (Wildman–Crippen LogP) is 5.17. The molecule has 38 heavy (non-hydrogen) atoms. The molecule has 9 nitrogen and oxygen atoms in total. The highest BCUT2D eigenvalue weighted by Gasteiger charge is 2.33. The van der Waals surface area contributed by atoms with E-state index in [-0.39, 0.29) is 30.4 Å². The van der Waals surface area contributed by atoms with E-state index in [1.807, 2.05) is 55.5 Å². The lowest BCUT2D eigenvalue weighted by Crippen LogP contribution is -2.51. The van der Waals surface area contributed by atoms with Crippen molar-refractivity contribution in [1.82, 2.24) is 30.9 Å². The summed E-state index contributed by atoms with van der Waals surface area (Å²) >= 11 is 12.4. The highest BCUT2D eigenvalue weighted by Crippen LogP contribution is 2.28. The third-order valence-corrected chi connectivity index (χ3v) is 6.47. The molecule has 0 aliphatic carbocycles. The number of halogens is 2. The molecule has 2 N–H and O–H groups in total. The maximum atomic E-state index is 13.3. The number of aromatic nitrogens is 5. The fourth-order valence-corrected chi connectivity index (χ4v) is 4.21. The largest absolute Gasteiger partial charge is 0.484 e. The number of ether oxygens (including phenoxy) is 2. The molecule has 2 atom stereocenters. The van der Waals surface area contributed by atoms with Crippen LogP contribution in [-0.4, -0.2) is 43.2 Å². The molecule has 4 aromatic rings. The normalized spacial score (nSPS) is 13.0. The van der Waals surface area contributed by atoms with Crippen LogP contribution < -0.4 is 14.8 Å². The van der Waals surface area contributed by atoms with Gasteiger partial charge in [-0.2, -0.15) is 5.21 Å². The van der Waals surface area contributed by atoms with Gasteiger partial charge >= 0.3 is 0 Å². The number of amides is 1. The number of nitrogens with zero attached hydrogens (tertiary/aromatic N) is 4. The highest BCUT2D eigenvalue weighted by atomic mass is 35.5. The van der Waals surface area contributed by atoms with Crippen molar-refractivity contribution in [2.24, 2.45) is 0 Å². The Balaban J connectivity index is 1.41. The molecule has 1 amide bonds. The van der Waals surface area contributed by atoms with E-state index in [0.29, 0.717) is 28.0 Å². The first-order valence-corrected chi connectivity index (χ1v) is 12.8. The van der Waals surface area contributed by atoms with Gasteiger partial charge in [-0.1, -0.05) is 52.7 Å². The summed E-state index contributed by atoms with van der Waals surface area (Å²) in [5.74, 6) is 0.905. The van der Waals surface area contributed by atoms with E-state index in [9.17, 15) is 4.79 Å². The van der Waals surface area contributed by atoms with Crippen molar-refractivity contribution < 1.29 is 14.3 Å². The zero-order valence-electron chi connectivity index (χ0n) is 21.2. The number of carbonyl (C=O) groups excluding carboxylic acids is 1. The standard InChI is InChI=1S/C27H28Cl2N6O3/c1-17(23(19-5-4-6-21(29)14-19)13-18-7-9-20(28)10-8-18)31-26(36)27(2,3)38-25-12-11-22(15-30-25)37-16-24-32-34-35-33-24/h4-12,14-15,17,23H,13,16H2,1-3H3,(H,31,36)(H,32,33,34,35). The minimum atomic E-state index is -1.19. The van der Waals surface area contributed by atoms with E-state index in [4.69, 9.17) is 32.7 Å². The van der Waals surface area contributed by atoms with Crippen LogP contribution in [0, 0.1) is 0 Å². The van der Waals surface area contributed by atoms with Crippen molar-refractivity contribution in [2.75, 3.05) is 0 Å². The lowest BCUT2D eigenvalue weighted by molar-refractivity contribution is -0.135. The second-order valence-corrected chi connectivity index (χ2v) is 10.2. The zero-order chi connectivity index (χ0) is 27.1. The maximum Gasteiger partial charge on any atom is 0.263 e. The Morgan fingerprint density at radius 2 is 1.87 bits per heavy atom. The SMILES string of the molecule is CC(NC(=O)C(C)(C)Oc1ccc(OCc2nn[nH]n2)cn1)C(Cc1ccc(Cl)cc1)c1cccc(Cl)c1. The average Bonchev–Trinajstić information content (AvgIpc) is 3.41. The number of hydrogen-bond donors (Lipinski definition) is 2. The van der Waals surface area contributed by atoms with Crippen molar-refractivity contribution >= 4 is 29.1 Å². The minimum Gasteiger partial charge on any atom is -0.484 e. The summed E-state index contributed by atoms with van der Waals surface area (Å²) in [6.45, 7) is 5.52. The molecule has 0 bridgehead atoms. The third-order valence-electron chi connectivity index (χ3n) is 5.98. The number of nitrogens with one attached hydrogen (secondary N) is 2. The van der Waals surface area contributed by atoms with Crippen LogP contribution in [0.3, 0.4) is 0 Å². The molecule has 0 saturated carbocycles. The molecule has 2 heterocycles. The summed E-state index contributed by atoms with van der Waals surface area (Å²) < 4.78 is 11.5. The number of aromatic amines is 1. The Bertz CT molecular complexity index is 1330. The van der Waals surface area contributed by atoms with Crippen molar-refractivity contribution in [3.8, 4) is 11.6 Å². The van der Waals surface area contributed by atoms with Crippen LogP contribution in [0.15, 0.2) is 66.9 Å². The van der Waals surface area contributed by atoms with Crippen LogP contribution in [-0.2, 0) is 17.8 Å². The quantitative estimate of drug-likeness (QED) is 0.263. The van der Waals surface area contributed by atoms with Crippen LogP contribution in [0.2, 0.25) is 10.0 Å². The van der Waals surface area contributed by atoms with Gasteiger partial charge in [-0.25, -0.2) is 4.98 Å². The fraction of sp³-hybridized carbons (Fsp3) is 0.296. The molecule has 198 valence electrons. The van der Waals surface area contributed by atoms with Crippen molar-refractivity contribution in [3.05, 3.63) is 93.9 Å². The Morgan fingerprint density at radius 1 is 1.08 bits per heavy atom. The van der Waals surface area contributed by atoms with E-state index in [1.165, 1.54) is 6.20 Å². The van der Waals surface area contributed by atoms with Gasteiger partial charge in [0.1, 0.15) is 5.75 Å². The number of carbonyl (C=O) groups is 1. The second kappa shape index (κ2) is 12.2. The van der Waals surface area contributed by atoms with Gasteiger partial charge in [-0.15, -0.1) is 10.2 Å². The molecule has 0 aliphatic heterocycles. The molecule has 0 radical (unpaired) electrons. The van der Waals surface area contributed by atoms with Gasteiger partial charge in [0.15, 0.2) is 12.2 Å². The lowest BCUT2D eigenvalue weighted by atomic mass is 9.86. The Morgan fingerprint density at radius 3 is 2.53 bits per heavy atom. The Kier molecular flexibility index (Phi) is 8.81. The molecule has 11 heteroatoms. The van der Waals surface area contributed by atoms with E-state index in [1.54, 1.807) is 26.0 Å². The summed E-state index contributed by atoms with van der Waals surface area (Å²) in [5, 5.41) is 17.9. The van der Waals surface area contributed by atoms with Crippen molar-refractivity contribution in [1.29, 1.82) is 0 Å². The molecule has 2 unspecified atom stereocenters. The summed E-state index contributed by atoms with van der Waals surface area (Å²) in [6.07, 6.45) is 2.19. The molecular formula is C27H28Cl2N6O3. The number of rotatable bonds is 11. The van der Waals surface area contributed by atoms with Crippen molar-refractivity contribution in [2.45, 2.75) is 51.4 Å². The molecular weight excluding hydrogens is 527 g/mol. The average molecular weight is 555 g/mol. The lowest BCUT2D eigenvalue weighted by Gasteiger charge is -2.30. The summed E-state index contributed by atoms with van der Waals surface area (Å²) in [5.41, 5.74) is 0.937. The number of tetrazole rings is 1. The molecule has 0 saturated heterocycles. The third kappa shape index (κ3) is 7.43. The number of pyridine rings is 1. The smallest absolute Gasteiger partial charge is 0.263 e. The molecule has 0 fully saturated rings. The van der Waals surface area contributed by atoms with Gasteiger partial charge < -0.3 is 14.8 Å². The van der Waals surface area contributed by atoms with E-state index in [2.05, 4.69) is 30.9 Å². The maximum absolute atomic E-state index is 13.3. The van der Waals surface area contributed by atoms with Gasteiger partial charge in [0.05, 0.1) is 6.20 Å². The molecule has 0 aliphatic rings. The van der Waals surface area contributed by atoms with Crippen LogP contribution in [0.1, 0.15) is 43.6 Å². The summed E-state index contributed by atoms with van der Waals surface area (Å²) in [7, 11) is 0. The first kappa shape index (κ1) is 27.3. The number of hydrogen-bond acceptors (Lipinski definition) is 7. The van der Waals surface area contributed by atoms with Gasteiger partial charge in [0.2, 0.25) is 11.7 Å². The molecule has 2 aromatic heterocycles. The van der Waals surface area contributed by atoms with E-state index >= 15 is 0 Å². The van der Waals surface area contributed by atoms with E-state index < -0.39 is 5.60 Å². The van der Waals surface area contributed by atoms with Crippen LogP contribution in [0.25, 0.3) is 0 Å².